The summed E-state index contributed by atoms with van der Waals surface area (Å²) >= 11 is -0.403. The molecule has 0 atom stereocenters. The van der Waals surface area contributed by atoms with E-state index in [9.17, 15) is 26.7 Å². The van der Waals surface area contributed by atoms with Crippen molar-refractivity contribution in [3.63, 3.8) is 0 Å². The van der Waals surface area contributed by atoms with E-state index in [4.69, 9.17) is 5.73 Å². The first-order valence-corrected chi connectivity index (χ1v) is 9.01. The van der Waals surface area contributed by atoms with Crippen molar-refractivity contribution in [2.45, 2.75) is 16.8 Å². The summed E-state index contributed by atoms with van der Waals surface area (Å²) in [7, 11) is 1.28. The topological polar surface area (TPSA) is 60.9 Å². The Labute approximate surface area is 166 Å². The summed E-state index contributed by atoms with van der Waals surface area (Å²) in [6.07, 6.45) is -3.12. The molecule has 3 rings (SSSR count). The maximum atomic E-state index is 13.4. The summed E-state index contributed by atoms with van der Waals surface area (Å²) in [5.41, 5.74) is -0.170. The molecular weight excluding hydrogens is 413 g/mol. The highest BCUT2D eigenvalue weighted by atomic mass is 32.2. The minimum Gasteiger partial charge on any atom is -0.365 e. The van der Waals surface area contributed by atoms with E-state index in [1.54, 1.807) is 36.4 Å². The third-order valence-corrected chi connectivity index (χ3v) is 4.89. The van der Waals surface area contributed by atoms with E-state index in [2.05, 4.69) is 5.10 Å². The average molecular weight is 427 g/mol. The molecule has 29 heavy (non-hydrogen) atoms. The normalized spacial score (nSPS) is 11.8. The second kappa shape index (κ2) is 7.86. The largest absolute Gasteiger partial charge is 0.446 e. The number of aromatic nitrogens is 2. The minimum absolute atomic E-state index is 0.0447. The Hall–Kier alpha value is -2.88. The second-order valence-corrected chi connectivity index (χ2v) is 7.10. The van der Waals surface area contributed by atoms with Crippen molar-refractivity contribution in [1.82, 2.24) is 9.78 Å². The quantitative estimate of drug-likeness (QED) is 0.438. The van der Waals surface area contributed by atoms with Gasteiger partial charge in [0.2, 0.25) is 0 Å². The highest BCUT2D eigenvalue weighted by Crippen LogP contribution is 2.47. The Morgan fingerprint density at radius 3 is 2.31 bits per heavy atom. The third-order valence-electron chi connectivity index (χ3n) is 4.10. The summed E-state index contributed by atoms with van der Waals surface area (Å²) in [6.45, 7) is 0. The van der Waals surface area contributed by atoms with Gasteiger partial charge in [-0.15, -0.1) is 0 Å². The molecule has 2 N–H and O–H groups in total. The molecule has 10 heteroatoms. The lowest BCUT2D eigenvalue weighted by molar-refractivity contribution is -0.0328. The number of primary amides is 1. The van der Waals surface area contributed by atoms with Gasteiger partial charge < -0.3 is 5.73 Å². The monoisotopic (exact) mass is 427 g/mol. The number of nitrogens with two attached hydrogens (primary N) is 1. The number of benzene rings is 2. The molecule has 3 aromatic rings. The molecule has 0 bridgehead atoms. The van der Waals surface area contributed by atoms with Crippen LogP contribution >= 0.6 is 11.8 Å². The van der Waals surface area contributed by atoms with Gasteiger partial charge in [0.15, 0.2) is 0 Å². The molecule has 0 aliphatic carbocycles. The van der Waals surface area contributed by atoms with Gasteiger partial charge >= 0.3 is 5.51 Å². The summed E-state index contributed by atoms with van der Waals surface area (Å²) in [5.74, 6) is -1.20. The maximum Gasteiger partial charge on any atom is 0.446 e. The standard InChI is InChI=1S/C19H14F5N3OS/c1-27-16(14(18(25)28)15(26-27)17(20)21)13-11(10-6-3-2-4-7-10)8-5-9-12(13)29-19(22,23)24/h2-9,17H,1H3,(H2,25,28). The third kappa shape index (κ3) is 4.26. The molecule has 2 aromatic carbocycles. The molecule has 0 aliphatic heterocycles. The summed E-state index contributed by atoms with van der Waals surface area (Å²) in [4.78, 5) is 11.7. The van der Waals surface area contributed by atoms with Crippen molar-refractivity contribution >= 4 is 17.7 Å². The lowest BCUT2D eigenvalue weighted by Gasteiger charge is -2.17. The van der Waals surface area contributed by atoms with E-state index in [-0.39, 0.29) is 16.2 Å². The highest BCUT2D eigenvalue weighted by Gasteiger charge is 2.34. The molecule has 152 valence electrons. The van der Waals surface area contributed by atoms with Gasteiger partial charge in [0.25, 0.3) is 12.3 Å². The van der Waals surface area contributed by atoms with E-state index in [0.29, 0.717) is 11.1 Å². The van der Waals surface area contributed by atoms with Crippen LogP contribution < -0.4 is 5.73 Å². The Balaban J connectivity index is 2.41. The van der Waals surface area contributed by atoms with Gasteiger partial charge in [-0.2, -0.15) is 18.3 Å². The Bertz CT molecular complexity index is 1050. The first-order valence-electron chi connectivity index (χ1n) is 8.19. The number of amides is 1. The lowest BCUT2D eigenvalue weighted by Crippen LogP contribution is -2.15. The molecule has 0 fully saturated rings. The highest BCUT2D eigenvalue weighted by molar-refractivity contribution is 8.00. The molecule has 0 saturated carbocycles. The molecule has 0 spiro atoms. The van der Waals surface area contributed by atoms with Crippen molar-refractivity contribution in [3.05, 3.63) is 59.8 Å². The van der Waals surface area contributed by atoms with E-state index >= 15 is 0 Å². The fourth-order valence-corrected chi connectivity index (χ4v) is 3.78. The Kier molecular flexibility index (Phi) is 5.65. The molecule has 1 aromatic heterocycles. The van der Waals surface area contributed by atoms with Crippen LogP contribution in [-0.4, -0.2) is 21.2 Å². The summed E-state index contributed by atoms with van der Waals surface area (Å²) < 4.78 is 67.4. The predicted octanol–water partition coefficient (Wildman–Crippen LogP) is 5.40. The van der Waals surface area contributed by atoms with Crippen molar-refractivity contribution in [2.24, 2.45) is 12.8 Å². The number of nitrogens with zero attached hydrogens (tertiary/aromatic N) is 2. The molecule has 0 saturated heterocycles. The van der Waals surface area contributed by atoms with Crippen LogP contribution in [-0.2, 0) is 7.05 Å². The number of hydrogen-bond acceptors (Lipinski definition) is 3. The number of rotatable bonds is 5. The van der Waals surface area contributed by atoms with Crippen LogP contribution in [0, 0.1) is 0 Å². The molecule has 1 heterocycles. The number of halogens is 5. The maximum absolute atomic E-state index is 13.4. The van der Waals surface area contributed by atoms with Gasteiger partial charge in [-0.1, -0.05) is 42.5 Å². The SMILES string of the molecule is Cn1nc(C(F)F)c(C(N)=O)c1-c1c(SC(F)(F)F)cccc1-c1ccccc1. The first kappa shape index (κ1) is 20.8. The fraction of sp³-hybridized carbons (Fsp3) is 0.158. The fourth-order valence-electron chi connectivity index (χ4n) is 3.07. The van der Waals surface area contributed by atoms with Crippen molar-refractivity contribution < 1.29 is 26.7 Å². The number of hydrogen-bond donors (Lipinski definition) is 1. The van der Waals surface area contributed by atoms with Crippen LogP contribution in [0.15, 0.2) is 53.4 Å². The van der Waals surface area contributed by atoms with Crippen molar-refractivity contribution in [3.8, 4) is 22.4 Å². The summed E-state index contributed by atoms with van der Waals surface area (Å²) in [5, 5.41) is 3.66. The zero-order valence-electron chi connectivity index (χ0n) is 14.9. The Morgan fingerprint density at radius 1 is 1.10 bits per heavy atom. The van der Waals surface area contributed by atoms with E-state index in [0.717, 1.165) is 4.68 Å². The van der Waals surface area contributed by atoms with Gasteiger partial charge in [-0.3, -0.25) is 9.48 Å². The molecular formula is C19H14F5N3OS. The molecule has 1 amide bonds. The van der Waals surface area contributed by atoms with Gasteiger partial charge in [0.1, 0.15) is 5.69 Å². The number of alkyl halides is 5. The van der Waals surface area contributed by atoms with Gasteiger partial charge in [-0.05, 0) is 29.0 Å². The van der Waals surface area contributed by atoms with Crippen LogP contribution in [0.2, 0.25) is 0 Å². The zero-order valence-corrected chi connectivity index (χ0v) is 15.7. The number of carbonyl (C=O) groups is 1. The molecule has 4 nitrogen and oxygen atoms in total. The van der Waals surface area contributed by atoms with Crippen LogP contribution in [0.25, 0.3) is 22.4 Å². The van der Waals surface area contributed by atoms with Crippen molar-refractivity contribution in [1.29, 1.82) is 0 Å². The first-order chi connectivity index (χ1) is 13.6. The molecule has 0 unspecified atom stereocenters. The second-order valence-electron chi connectivity index (χ2n) is 5.99. The number of carbonyl (C=O) groups excluding carboxylic acids is 1. The van der Waals surface area contributed by atoms with Crippen LogP contribution in [0.3, 0.4) is 0 Å². The average Bonchev–Trinajstić information content (AvgIpc) is 2.98. The smallest absolute Gasteiger partial charge is 0.365 e. The molecule has 0 radical (unpaired) electrons. The minimum atomic E-state index is -4.64. The van der Waals surface area contributed by atoms with Crippen LogP contribution in [0.4, 0.5) is 22.0 Å². The summed E-state index contributed by atoms with van der Waals surface area (Å²) in [6, 6.07) is 12.6. The number of aryl methyl sites for hydroxylation is 1. The Morgan fingerprint density at radius 2 is 1.76 bits per heavy atom. The van der Waals surface area contributed by atoms with Gasteiger partial charge in [0, 0.05) is 17.5 Å². The lowest BCUT2D eigenvalue weighted by atomic mass is 9.95. The van der Waals surface area contributed by atoms with E-state index < -0.39 is 40.9 Å². The number of thioether (sulfide) groups is 1. The van der Waals surface area contributed by atoms with Gasteiger partial charge in [-0.25, -0.2) is 8.78 Å². The van der Waals surface area contributed by atoms with E-state index in [1.807, 2.05) is 0 Å². The zero-order chi connectivity index (χ0) is 21.3. The molecule has 0 aliphatic rings. The van der Waals surface area contributed by atoms with Crippen LogP contribution in [0.5, 0.6) is 0 Å². The van der Waals surface area contributed by atoms with Crippen LogP contribution in [0.1, 0.15) is 22.5 Å². The van der Waals surface area contributed by atoms with Crippen molar-refractivity contribution in [2.75, 3.05) is 0 Å². The predicted molar refractivity (Wildman–Crippen MR) is 99.5 cm³/mol. The van der Waals surface area contributed by atoms with Gasteiger partial charge in [0.05, 0.1) is 11.3 Å². The van der Waals surface area contributed by atoms with E-state index in [1.165, 1.54) is 19.2 Å².